The summed E-state index contributed by atoms with van der Waals surface area (Å²) in [7, 11) is 6.08. The van der Waals surface area contributed by atoms with Crippen molar-refractivity contribution in [3.63, 3.8) is 0 Å². The molecule has 2 heterocycles. The van der Waals surface area contributed by atoms with Gasteiger partial charge >= 0.3 is 12.1 Å². The Morgan fingerprint density at radius 1 is 0.747 bits per heavy atom. The van der Waals surface area contributed by atoms with Crippen LogP contribution in [0.5, 0.6) is 0 Å². The summed E-state index contributed by atoms with van der Waals surface area (Å²) in [4.78, 5) is 153. The van der Waals surface area contributed by atoms with Crippen LogP contribution in [0.25, 0.3) is 0 Å². The molecule has 2 aromatic rings. The number of urea groups is 1. The molecule has 12 amide bonds. The van der Waals surface area contributed by atoms with Gasteiger partial charge in [-0.2, -0.15) is 12.6 Å². The summed E-state index contributed by atoms with van der Waals surface area (Å²) >= 11 is 4.15. The number of ether oxygens (including phenoxy) is 3. The van der Waals surface area contributed by atoms with E-state index in [-0.39, 0.29) is 87.3 Å². The third kappa shape index (κ3) is 23.5. The fraction of sp³-hybridized carbons (Fsp3) is 0.662. The number of hydrogen-bond acceptors (Lipinski definition) is 16. The maximum atomic E-state index is 14.8. The molecule has 4 rings (SSSR count). The van der Waals surface area contributed by atoms with E-state index in [2.05, 4.69) is 44.5 Å². The van der Waals surface area contributed by atoms with Crippen molar-refractivity contribution in [2.24, 2.45) is 35.3 Å². The van der Waals surface area contributed by atoms with Crippen LogP contribution in [-0.2, 0) is 64.0 Å². The van der Waals surface area contributed by atoms with E-state index in [1.165, 1.54) is 31.1 Å². The number of anilines is 1. The number of rotatable bonds is 38. The lowest BCUT2D eigenvalue weighted by atomic mass is 9.89. The number of imide groups is 1. The van der Waals surface area contributed by atoms with Crippen LogP contribution < -0.4 is 37.6 Å². The number of benzene rings is 2. The Bertz CT molecular complexity index is 2890. The number of aliphatic hydroxyl groups excluding tert-OH is 1. The van der Waals surface area contributed by atoms with Gasteiger partial charge in [0.15, 0.2) is 0 Å². The molecule has 0 saturated carbocycles. The van der Waals surface area contributed by atoms with Crippen molar-refractivity contribution in [1.29, 1.82) is 0 Å². The Hall–Kier alpha value is -7.36. The Morgan fingerprint density at radius 2 is 1.40 bits per heavy atom. The second-order valence-electron chi connectivity index (χ2n) is 26.2. The van der Waals surface area contributed by atoms with Gasteiger partial charge in [-0.25, -0.2) is 9.59 Å². The van der Waals surface area contributed by atoms with Gasteiger partial charge in [-0.05, 0) is 92.4 Å². The van der Waals surface area contributed by atoms with Crippen molar-refractivity contribution in [2.75, 3.05) is 53.3 Å². The highest BCUT2D eigenvalue weighted by Gasteiger charge is 2.44. The van der Waals surface area contributed by atoms with E-state index >= 15 is 0 Å². The lowest BCUT2D eigenvalue weighted by Gasteiger charge is -2.41. The van der Waals surface area contributed by atoms with Crippen LogP contribution in [0, 0.1) is 29.6 Å². The standard InChI is InChI=1S/C68H107N11O15S/c1-15-42(8)58(50(92-13)36-53(81)78-35-23-27-49(78)60(93-14)43(9)61(84)71-44(10)59(83)46-24-18-16-19-25-46)76(11)66(89)56(40(4)5)75-64(87)57(41(6)7)77(12)68(91)94-38-45-29-31-47(32-30-45)72-62(85)48(26-22-33-70-67(69)90)73-63(86)55(39(2)3)74-52(80)28-20-17-21-34-79-54(82)37-51(95)65(79)88/h16,18-19,24-25,29-32,39-44,48-51,55-60,83,95H,15,17,20-23,26-28,33-38H2,1-14H3,(H,71,84)(H,72,85)(H,73,86)(H,74,80)(H,75,87)(H3,69,70,90)/t42-,43?,44?,48-,49?,50+,51?,55?,56-,57-,58-,59?,60?/m0/s1. The second kappa shape index (κ2) is 39.0. The third-order valence-electron chi connectivity index (χ3n) is 18.0. The number of hydrogen-bond donors (Lipinski definition) is 9. The molecule has 2 saturated heterocycles. The maximum Gasteiger partial charge on any atom is 0.410 e. The van der Waals surface area contributed by atoms with E-state index in [1.807, 2.05) is 32.0 Å². The van der Waals surface area contributed by atoms with E-state index < -0.39 is 125 Å². The van der Waals surface area contributed by atoms with E-state index in [4.69, 9.17) is 19.9 Å². The predicted molar refractivity (Wildman–Crippen MR) is 362 cm³/mol. The molecule has 26 nitrogen and oxygen atoms in total. The second-order valence-corrected chi connectivity index (χ2v) is 26.8. The Balaban J connectivity index is 1.37. The number of nitrogens with zero attached hydrogens (tertiary/aromatic N) is 4. The van der Waals surface area contributed by atoms with Crippen molar-refractivity contribution in [3.05, 3.63) is 65.7 Å². The zero-order chi connectivity index (χ0) is 71.0. The number of nitrogens with one attached hydrogen (secondary N) is 6. The van der Waals surface area contributed by atoms with Gasteiger partial charge in [0.05, 0.1) is 54.0 Å². The highest BCUT2D eigenvalue weighted by Crippen LogP contribution is 2.31. The minimum absolute atomic E-state index is 0.0628. The van der Waals surface area contributed by atoms with Crippen LogP contribution in [0.1, 0.15) is 157 Å². The average Bonchev–Trinajstić information content (AvgIpc) is 1.78. The van der Waals surface area contributed by atoms with E-state index in [9.17, 15) is 57.8 Å². The smallest absolute Gasteiger partial charge is 0.410 e. The van der Waals surface area contributed by atoms with Crippen LogP contribution >= 0.6 is 12.6 Å². The number of likely N-dealkylation sites (N-methyl/N-ethyl adjacent to an activating group) is 2. The predicted octanol–water partition coefficient (Wildman–Crippen LogP) is 5.21. The molecule has 2 aliphatic heterocycles. The zero-order valence-corrected chi connectivity index (χ0v) is 58.9. The van der Waals surface area contributed by atoms with E-state index in [0.717, 1.165) is 0 Å². The van der Waals surface area contributed by atoms with E-state index in [0.29, 0.717) is 61.9 Å². The highest BCUT2D eigenvalue weighted by molar-refractivity contribution is 7.81. The molecule has 0 bridgehead atoms. The third-order valence-corrected chi connectivity index (χ3v) is 18.4. The van der Waals surface area contributed by atoms with Crippen molar-refractivity contribution >= 4 is 83.6 Å². The van der Waals surface area contributed by atoms with Crippen LogP contribution in [0.2, 0.25) is 0 Å². The molecule has 2 aliphatic rings. The molecule has 0 aliphatic carbocycles. The maximum absolute atomic E-state index is 14.8. The number of methoxy groups -OCH3 is 2. The Kier molecular flexibility index (Phi) is 32.9. The molecule has 0 radical (unpaired) electrons. The number of thiol groups is 1. The largest absolute Gasteiger partial charge is 0.445 e. The van der Waals surface area contributed by atoms with Crippen LogP contribution in [0.4, 0.5) is 15.3 Å². The molecule has 0 aromatic heterocycles. The molecule has 95 heavy (non-hydrogen) atoms. The first-order chi connectivity index (χ1) is 44.9. The summed E-state index contributed by atoms with van der Waals surface area (Å²) in [5.74, 6) is -5.88. The van der Waals surface area contributed by atoms with Crippen molar-refractivity contribution in [1.82, 2.24) is 46.2 Å². The number of unbranched alkanes of at least 4 members (excludes halogenated alkanes) is 2. The van der Waals surface area contributed by atoms with Crippen molar-refractivity contribution < 1.29 is 72.1 Å². The van der Waals surface area contributed by atoms with Gasteiger partial charge in [-0.3, -0.25) is 53.0 Å². The number of amides is 12. The molecule has 27 heteroatoms. The first-order valence-electron chi connectivity index (χ1n) is 33.3. The molecule has 530 valence electrons. The Morgan fingerprint density at radius 3 is 1.97 bits per heavy atom. The fourth-order valence-electron chi connectivity index (χ4n) is 12.3. The summed E-state index contributed by atoms with van der Waals surface area (Å²) in [6.45, 7) is 18.6. The average molecular weight is 1350 g/mol. The van der Waals surface area contributed by atoms with Crippen LogP contribution in [0.15, 0.2) is 54.6 Å². The summed E-state index contributed by atoms with van der Waals surface area (Å²) in [6, 6.07) is 8.73. The van der Waals surface area contributed by atoms with Gasteiger partial charge in [0, 0.05) is 66.5 Å². The SMILES string of the molecule is CC[C@H](C)[C@@H]([C@@H](CC(=O)N1CCCC1C(OC)C(C)C(=O)NC(C)C(O)c1ccccc1)OC)N(C)C(=O)[C@@H](NC(=O)[C@H](C(C)C)N(C)C(=O)OCc1ccc(NC(=O)[C@H](CCCNC(N)=O)NC(=O)C(NC(=O)CCCCCN2C(=O)CC(S)C2=O)C(C)C)cc1)C(C)C. The minimum Gasteiger partial charge on any atom is -0.445 e. The van der Waals surface area contributed by atoms with Gasteiger partial charge < -0.3 is 66.8 Å². The molecule has 7 unspecified atom stereocenters. The van der Waals surface area contributed by atoms with Crippen LogP contribution in [-0.4, -0.2) is 198 Å². The van der Waals surface area contributed by atoms with Gasteiger partial charge in [0.2, 0.25) is 53.2 Å². The monoisotopic (exact) mass is 1350 g/mol. The van der Waals surface area contributed by atoms with Crippen molar-refractivity contribution in [3.8, 4) is 0 Å². The first kappa shape index (κ1) is 80.1. The van der Waals surface area contributed by atoms with Crippen molar-refractivity contribution in [2.45, 2.75) is 212 Å². The summed E-state index contributed by atoms with van der Waals surface area (Å²) in [5.41, 5.74) is 6.77. The molecular weight excluding hydrogens is 1240 g/mol. The molecule has 9 N–H and O–H groups in total. The normalized spacial score (nSPS) is 18.3. The zero-order valence-electron chi connectivity index (χ0n) is 58.0. The number of carbonyl (C=O) groups is 11. The highest BCUT2D eigenvalue weighted by atomic mass is 32.1. The summed E-state index contributed by atoms with van der Waals surface area (Å²) in [5, 5.41) is 27.0. The van der Waals surface area contributed by atoms with E-state index in [1.54, 1.807) is 109 Å². The lowest BCUT2D eigenvalue weighted by Crippen LogP contribution is -2.60. The number of likely N-dealkylation sites (tertiary alicyclic amines) is 2. The van der Waals surface area contributed by atoms with Gasteiger partial charge in [-0.15, -0.1) is 0 Å². The molecule has 2 fully saturated rings. The number of primary amides is 1. The van der Waals surface area contributed by atoms with Gasteiger partial charge in [0.25, 0.3) is 0 Å². The molecular formula is C68H107N11O15S. The molecule has 13 atom stereocenters. The quantitative estimate of drug-likeness (QED) is 0.0237. The topological polar surface area (TPSA) is 347 Å². The summed E-state index contributed by atoms with van der Waals surface area (Å²) in [6.07, 6.45) is 0.559. The number of nitrogens with two attached hydrogens (primary N) is 1. The van der Waals surface area contributed by atoms with Gasteiger partial charge in [-0.1, -0.05) is 118 Å². The Labute approximate surface area is 566 Å². The molecule has 0 spiro atoms. The fourth-order valence-corrected chi connectivity index (χ4v) is 12.6. The minimum atomic E-state index is -1.12. The summed E-state index contributed by atoms with van der Waals surface area (Å²) < 4.78 is 17.8. The van der Waals surface area contributed by atoms with Crippen LogP contribution in [0.3, 0.4) is 0 Å². The number of carbonyl (C=O) groups excluding carboxylic acids is 11. The lowest BCUT2D eigenvalue weighted by molar-refractivity contribution is -0.148. The number of aliphatic hydroxyl groups is 1. The first-order valence-corrected chi connectivity index (χ1v) is 33.8. The molecule has 2 aromatic carbocycles. The van der Waals surface area contributed by atoms with Gasteiger partial charge in [0.1, 0.15) is 30.8 Å².